The number of aromatic nitrogens is 1. The number of nitrogens with zero attached hydrogens (tertiary/aromatic N) is 3. The van der Waals surface area contributed by atoms with Crippen LogP contribution in [0.3, 0.4) is 0 Å². The SMILES string of the molecule is CC(=Nc1csc2nc(-c3ccccc3)ccc12)N1CCCC1. The molecule has 3 aromatic rings. The number of hydrogen-bond donors (Lipinski definition) is 0. The first-order valence-electron chi connectivity index (χ1n) is 8.05. The summed E-state index contributed by atoms with van der Waals surface area (Å²) >= 11 is 1.67. The summed E-state index contributed by atoms with van der Waals surface area (Å²) in [6.07, 6.45) is 2.55. The van der Waals surface area contributed by atoms with Crippen molar-refractivity contribution in [2.45, 2.75) is 19.8 Å². The van der Waals surface area contributed by atoms with Crippen molar-refractivity contribution in [1.82, 2.24) is 9.88 Å². The number of hydrogen-bond acceptors (Lipinski definition) is 3. The maximum absolute atomic E-state index is 4.84. The van der Waals surface area contributed by atoms with Gasteiger partial charge in [0.2, 0.25) is 0 Å². The number of amidine groups is 1. The van der Waals surface area contributed by atoms with E-state index in [2.05, 4.69) is 41.5 Å². The van der Waals surface area contributed by atoms with Crippen molar-refractivity contribution in [3.8, 4) is 11.3 Å². The molecule has 116 valence electrons. The summed E-state index contributed by atoms with van der Waals surface area (Å²) < 4.78 is 0. The second-order valence-electron chi connectivity index (χ2n) is 5.89. The van der Waals surface area contributed by atoms with Crippen LogP contribution in [0, 0.1) is 0 Å². The molecule has 1 aromatic carbocycles. The lowest BCUT2D eigenvalue weighted by Gasteiger charge is -2.16. The molecule has 23 heavy (non-hydrogen) atoms. The van der Waals surface area contributed by atoms with Gasteiger partial charge in [0, 0.05) is 29.4 Å². The summed E-state index contributed by atoms with van der Waals surface area (Å²) in [6.45, 7) is 4.38. The van der Waals surface area contributed by atoms with Crippen LogP contribution in [-0.2, 0) is 0 Å². The molecular weight excluding hydrogens is 302 g/mol. The Morgan fingerprint density at radius 1 is 1.09 bits per heavy atom. The van der Waals surface area contributed by atoms with Gasteiger partial charge in [-0.25, -0.2) is 9.98 Å². The van der Waals surface area contributed by atoms with E-state index in [4.69, 9.17) is 9.98 Å². The van der Waals surface area contributed by atoms with E-state index < -0.39 is 0 Å². The van der Waals surface area contributed by atoms with Crippen molar-refractivity contribution in [2.75, 3.05) is 13.1 Å². The molecule has 2 aromatic heterocycles. The van der Waals surface area contributed by atoms with E-state index in [0.717, 1.165) is 46.1 Å². The predicted octanol–water partition coefficient (Wildman–Crippen LogP) is 5.11. The van der Waals surface area contributed by atoms with Gasteiger partial charge in [-0.15, -0.1) is 11.3 Å². The van der Waals surface area contributed by atoms with E-state index in [1.54, 1.807) is 11.3 Å². The fourth-order valence-electron chi connectivity index (χ4n) is 3.04. The zero-order valence-electron chi connectivity index (χ0n) is 13.2. The quantitative estimate of drug-likeness (QED) is 0.485. The van der Waals surface area contributed by atoms with E-state index >= 15 is 0 Å². The second kappa shape index (κ2) is 6.13. The zero-order chi connectivity index (χ0) is 15.6. The Balaban J connectivity index is 1.69. The summed E-state index contributed by atoms with van der Waals surface area (Å²) in [4.78, 5) is 13.1. The minimum atomic E-state index is 1.02. The molecule has 0 amide bonds. The first-order valence-corrected chi connectivity index (χ1v) is 8.93. The van der Waals surface area contributed by atoms with Gasteiger partial charge in [0.25, 0.3) is 0 Å². The Morgan fingerprint density at radius 3 is 2.65 bits per heavy atom. The molecule has 1 aliphatic heterocycles. The average molecular weight is 321 g/mol. The molecule has 3 nitrogen and oxygen atoms in total. The van der Waals surface area contributed by atoms with Gasteiger partial charge < -0.3 is 4.90 Å². The third-order valence-electron chi connectivity index (χ3n) is 4.33. The summed E-state index contributed by atoms with van der Waals surface area (Å²) in [6, 6.07) is 14.6. The molecule has 0 bridgehead atoms. The lowest BCUT2D eigenvalue weighted by molar-refractivity contribution is 0.516. The molecule has 4 rings (SSSR count). The van der Waals surface area contributed by atoms with Gasteiger partial charge in [-0.1, -0.05) is 30.3 Å². The maximum atomic E-state index is 4.84. The Bertz CT molecular complexity index is 845. The third kappa shape index (κ3) is 2.86. The third-order valence-corrected chi connectivity index (χ3v) is 5.21. The minimum Gasteiger partial charge on any atom is -0.360 e. The van der Waals surface area contributed by atoms with Crippen LogP contribution in [0.5, 0.6) is 0 Å². The van der Waals surface area contributed by atoms with Gasteiger partial charge in [-0.3, -0.25) is 0 Å². The topological polar surface area (TPSA) is 28.5 Å². The Kier molecular flexibility index (Phi) is 3.83. The van der Waals surface area contributed by atoms with Crippen LogP contribution in [-0.4, -0.2) is 28.8 Å². The van der Waals surface area contributed by atoms with E-state index in [9.17, 15) is 0 Å². The summed E-state index contributed by atoms with van der Waals surface area (Å²) in [5, 5.41) is 3.26. The van der Waals surface area contributed by atoms with Gasteiger partial charge >= 0.3 is 0 Å². The Labute approximate surface area is 140 Å². The molecule has 0 unspecified atom stereocenters. The van der Waals surface area contributed by atoms with E-state index in [0.29, 0.717) is 0 Å². The summed E-state index contributed by atoms with van der Waals surface area (Å²) in [5.41, 5.74) is 3.22. The largest absolute Gasteiger partial charge is 0.360 e. The summed E-state index contributed by atoms with van der Waals surface area (Å²) in [7, 11) is 0. The first kappa shape index (κ1) is 14.4. The molecule has 1 fully saturated rings. The molecule has 3 heterocycles. The number of pyridine rings is 1. The number of benzene rings is 1. The van der Waals surface area contributed by atoms with Gasteiger partial charge in [0.15, 0.2) is 0 Å². The molecular formula is C19H19N3S. The Morgan fingerprint density at radius 2 is 1.87 bits per heavy atom. The molecule has 4 heteroatoms. The van der Waals surface area contributed by atoms with E-state index in [1.807, 2.05) is 18.2 Å². The molecule has 1 saturated heterocycles. The average Bonchev–Trinajstić information content (AvgIpc) is 3.25. The van der Waals surface area contributed by atoms with Crippen molar-refractivity contribution < 1.29 is 0 Å². The zero-order valence-corrected chi connectivity index (χ0v) is 14.0. The lowest BCUT2D eigenvalue weighted by atomic mass is 10.1. The van der Waals surface area contributed by atoms with E-state index in [-0.39, 0.29) is 0 Å². The fourth-order valence-corrected chi connectivity index (χ4v) is 3.90. The lowest BCUT2D eigenvalue weighted by Crippen LogP contribution is -2.24. The molecule has 0 N–H and O–H groups in total. The minimum absolute atomic E-state index is 1.02. The highest BCUT2D eigenvalue weighted by Gasteiger charge is 2.14. The molecule has 0 aliphatic carbocycles. The molecule has 0 saturated carbocycles. The smallest absolute Gasteiger partial charge is 0.126 e. The fraction of sp³-hybridized carbons (Fsp3) is 0.263. The van der Waals surface area contributed by atoms with Crippen molar-refractivity contribution in [1.29, 1.82) is 0 Å². The highest BCUT2D eigenvalue weighted by atomic mass is 32.1. The van der Waals surface area contributed by atoms with Gasteiger partial charge in [-0.05, 0) is 31.9 Å². The standard InChI is InChI=1S/C19H19N3S/c1-14(22-11-5-6-12-22)20-18-13-23-19-16(18)9-10-17(21-19)15-7-3-2-4-8-15/h2-4,7-10,13H,5-6,11-12H2,1H3. The van der Waals surface area contributed by atoms with Crippen molar-refractivity contribution >= 4 is 33.1 Å². The highest BCUT2D eigenvalue weighted by molar-refractivity contribution is 7.17. The van der Waals surface area contributed by atoms with Crippen molar-refractivity contribution in [3.63, 3.8) is 0 Å². The van der Waals surface area contributed by atoms with Crippen LogP contribution in [0.2, 0.25) is 0 Å². The molecule has 0 radical (unpaired) electrons. The second-order valence-corrected chi connectivity index (χ2v) is 6.75. The normalized spacial score (nSPS) is 15.5. The molecule has 0 atom stereocenters. The van der Waals surface area contributed by atoms with Crippen molar-refractivity contribution in [3.05, 3.63) is 47.8 Å². The number of thiophene rings is 1. The predicted molar refractivity (Wildman–Crippen MR) is 98.6 cm³/mol. The Hall–Kier alpha value is -2.20. The van der Waals surface area contributed by atoms with E-state index in [1.165, 1.54) is 12.8 Å². The van der Waals surface area contributed by atoms with Gasteiger partial charge in [0.05, 0.1) is 11.4 Å². The van der Waals surface area contributed by atoms with Crippen LogP contribution < -0.4 is 0 Å². The van der Waals surface area contributed by atoms with Crippen LogP contribution in [0.1, 0.15) is 19.8 Å². The molecule has 1 aliphatic rings. The maximum Gasteiger partial charge on any atom is 0.126 e. The van der Waals surface area contributed by atoms with Crippen LogP contribution in [0.4, 0.5) is 5.69 Å². The highest BCUT2D eigenvalue weighted by Crippen LogP contribution is 2.33. The number of rotatable bonds is 2. The number of aliphatic imine (C=N–C) groups is 1. The van der Waals surface area contributed by atoms with Crippen molar-refractivity contribution in [2.24, 2.45) is 4.99 Å². The van der Waals surface area contributed by atoms with Crippen LogP contribution >= 0.6 is 11.3 Å². The number of fused-ring (bicyclic) bond motifs is 1. The van der Waals surface area contributed by atoms with Crippen LogP contribution in [0.15, 0.2) is 52.8 Å². The van der Waals surface area contributed by atoms with Gasteiger partial charge in [-0.2, -0.15) is 0 Å². The monoisotopic (exact) mass is 321 g/mol. The van der Waals surface area contributed by atoms with Gasteiger partial charge in [0.1, 0.15) is 10.7 Å². The van der Waals surface area contributed by atoms with Crippen LogP contribution in [0.25, 0.3) is 21.5 Å². The number of likely N-dealkylation sites (tertiary alicyclic amines) is 1. The molecule has 0 spiro atoms. The summed E-state index contributed by atoms with van der Waals surface area (Å²) in [5.74, 6) is 1.12. The first-order chi connectivity index (χ1) is 11.3.